The summed E-state index contributed by atoms with van der Waals surface area (Å²) < 4.78 is 45.3. The molecule has 0 aliphatic carbocycles. The van der Waals surface area contributed by atoms with Crippen LogP contribution in [0.1, 0.15) is 36.5 Å². The van der Waals surface area contributed by atoms with E-state index in [1.54, 1.807) is 19.3 Å². The van der Waals surface area contributed by atoms with Gasteiger partial charge < -0.3 is 21.1 Å². The highest BCUT2D eigenvalue weighted by molar-refractivity contribution is 5.40. The SMILES string of the molecule is CN/C=C(\N)[C@@H]1C[C@]2(C[C@H](C)N1)OCCc1cc(C(F)(F)F)ccc12. The van der Waals surface area contributed by atoms with Crippen molar-refractivity contribution in [3.05, 3.63) is 46.8 Å². The Morgan fingerprint density at radius 3 is 2.84 bits per heavy atom. The summed E-state index contributed by atoms with van der Waals surface area (Å²) in [4.78, 5) is 0. The fourth-order valence-electron chi connectivity index (χ4n) is 4.04. The van der Waals surface area contributed by atoms with E-state index >= 15 is 0 Å². The molecule has 2 aliphatic heterocycles. The van der Waals surface area contributed by atoms with Crippen LogP contribution in [0.15, 0.2) is 30.1 Å². The van der Waals surface area contributed by atoms with E-state index in [2.05, 4.69) is 10.6 Å². The molecule has 1 fully saturated rings. The molecule has 0 amide bonds. The van der Waals surface area contributed by atoms with Crippen molar-refractivity contribution in [2.45, 2.75) is 50.0 Å². The van der Waals surface area contributed by atoms with Crippen molar-refractivity contribution >= 4 is 0 Å². The van der Waals surface area contributed by atoms with E-state index in [1.165, 1.54) is 6.07 Å². The molecule has 0 unspecified atom stereocenters. The van der Waals surface area contributed by atoms with Crippen LogP contribution in [0.4, 0.5) is 13.2 Å². The summed E-state index contributed by atoms with van der Waals surface area (Å²) in [6, 6.07) is 4.06. The first-order valence-electron chi connectivity index (χ1n) is 8.48. The first-order chi connectivity index (χ1) is 11.7. The lowest BCUT2D eigenvalue weighted by Gasteiger charge is -2.47. The van der Waals surface area contributed by atoms with Crippen molar-refractivity contribution in [2.24, 2.45) is 5.73 Å². The predicted molar refractivity (Wildman–Crippen MR) is 89.7 cm³/mol. The second-order valence-corrected chi connectivity index (χ2v) is 6.92. The number of rotatable bonds is 2. The maximum Gasteiger partial charge on any atom is 0.416 e. The van der Waals surface area contributed by atoms with E-state index in [0.29, 0.717) is 31.6 Å². The summed E-state index contributed by atoms with van der Waals surface area (Å²) in [5.41, 5.74) is 7.20. The predicted octanol–water partition coefficient (Wildman–Crippen LogP) is 2.63. The monoisotopic (exact) mass is 355 g/mol. The van der Waals surface area contributed by atoms with Gasteiger partial charge in [-0.1, -0.05) is 6.07 Å². The number of benzene rings is 1. The fraction of sp³-hybridized carbons (Fsp3) is 0.556. The number of alkyl halides is 3. The molecule has 3 rings (SSSR count). The molecule has 2 aliphatic rings. The second kappa shape index (κ2) is 6.53. The number of nitrogens with two attached hydrogens (primary N) is 1. The van der Waals surface area contributed by atoms with Crippen LogP contribution in [0.25, 0.3) is 0 Å². The fourth-order valence-corrected chi connectivity index (χ4v) is 4.04. The maximum absolute atomic E-state index is 13.0. The number of fused-ring (bicyclic) bond motifs is 2. The van der Waals surface area contributed by atoms with Crippen molar-refractivity contribution in [1.82, 2.24) is 10.6 Å². The van der Waals surface area contributed by atoms with Gasteiger partial charge in [-0.2, -0.15) is 13.2 Å². The molecule has 25 heavy (non-hydrogen) atoms. The Kier molecular flexibility index (Phi) is 4.72. The van der Waals surface area contributed by atoms with Crippen molar-refractivity contribution in [2.75, 3.05) is 13.7 Å². The Bertz CT molecular complexity index is 674. The van der Waals surface area contributed by atoms with E-state index in [0.717, 1.165) is 17.2 Å². The Morgan fingerprint density at radius 1 is 1.40 bits per heavy atom. The summed E-state index contributed by atoms with van der Waals surface area (Å²) in [6.45, 7) is 2.46. The van der Waals surface area contributed by atoms with Crippen LogP contribution in [0.5, 0.6) is 0 Å². The molecule has 4 N–H and O–H groups in total. The van der Waals surface area contributed by atoms with Gasteiger partial charge in [0, 0.05) is 31.4 Å². The normalized spacial score (nSPS) is 30.2. The van der Waals surface area contributed by atoms with Crippen LogP contribution in [0, 0.1) is 0 Å². The Hall–Kier alpha value is -1.73. The van der Waals surface area contributed by atoms with Gasteiger partial charge in [-0.15, -0.1) is 0 Å². The molecule has 1 saturated heterocycles. The minimum absolute atomic E-state index is 0.0931. The van der Waals surface area contributed by atoms with Crippen molar-refractivity contribution in [1.29, 1.82) is 0 Å². The Balaban J connectivity index is 1.99. The molecular formula is C18H24F3N3O. The third-order valence-electron chi connectivity index (χ3n) is 5.04. The standard InChI is InChI=1S/C18H24F3N3O/c1-11-8-17(9-16(24-11)15(22)10-23-2)14-4-3-13(18(19,20)21)7-12(14)5-6-25-17/h3-4,7,10-11,16,23-24H,5-6,8-9,22H2,1-2H3/b15-10-/t11-,16-,17-/m0/s1. The van der Waals surface area contributed by atoms with Gasteiger partial charge in [0.15, 0.2) is 0 Å². The van der Waals surface area contributed by atoms with Crippen LogP contribution >= 0.6 is 0 Å². The number of hydrogen-bond donors (Lipinski definition) is 3. The number of piperidine rings is 1. The maximum atomic E-state index is 13.0. The molecule has 4 nitrogen and oxygen atoms in total. The third kappa shape index (κ3) is 3.48. The summed E-state index contributed by atoms with van der Waals surface area (Å²) in [5, 5.41) is 6.37. The molecule has 1 aromatic carbocycles. The molecule has 0 bridgehead atoms. The zero-order valence-electron chi connectivity index (χ0n) is 14.4. The molecule has 138 valence electrons. The van der Waals surface area contributed by atoms with Gasteiger partial charge in [-0.05, 0) is 43.0 Å². The Morgan fingerprint density at radius 2 is 2.16 bits per heavy atom. The first-order valence-corrected chi connectivity index (χ1v) is 8.48. The summed E-state index contributed by atoms with van der Waals surface area (Å²) in [7, 11) is 1.78. The Labute approximate surface area is 145 Å². The smallest absolute Gasteiger partial charge is 0.400 e. The van der Waals surface area contributed by atoms with Crippen LogP contribution < -0.4 is 16.4 Å². The minimum Gasteiger partial charge on any atom is -0.400 e. The van der Waals surface area contributed by atoms with Crippen molar-refractivity contribution < 1.29 is 17.9 Å². The van der Waals surface area contributed by atoms with E-state index in [-0.39, 0.29) is 12.1 Å². The van der Waals surface area contributed by atoms with E-state index in [9.17, 15) is 13.2 Å². The van der Waals surface area contributed by atoms with Crippen LogP contribution in [0.2, 0.25) is 0 Å². The van der Waals surface area contributed by atoms with Gasteiger partial charge >= 0.3 is 6.18 Å². The number of halogens is 3. The highest BCUT2D eigenvalue weighted by atomic mass is 19.4. The quantitative estimate of drug-likeness (QED) is 0.763. The van der Waals surface area contributed by atoms with E-state index < -0.39 is 17.3 Å². The van der Waals surface area contributed by atoms with Crippen LogP contribution in [0.3, 0.4) is 0 Å². The van der Waals surface area contributed by atoms with Crippen LogP contribution in [-0.4, -0.2) is 25.7 Å². The lowest BCUT2D eigenvalue weighted by Crippen LogP contribution is -2.55. The lowest BCUT2D eigenvalue weighted by molar-refractivity contribution is -0.138. The third-order valence-corrected chi connectivity index (χ3v) is 5.04. The number of ether oxygens (including phenoxy) is 1. The largest absolute Gasteiger partial charge is 0.416 e. The summed E-state index contributed by atoms with van der Waals surface area (Å²) >= 11 is 0. The van der Waals surface area contributed by atoms with Gasteiger partial charge in [0.2, 0.25) is 0 Å². The highest BCUT2D eigenvalue weighted by Gasteiger charge is 2.45. The first kappa shape index (κ1) is 18.1. The number of nitrogens with one attached hydrogen (secondary N) is 2. The van der Waals surface area contributed by atoms with Gasteiger partial charge in [0.25, 0.3) is 0 Å². The molecule has 3 atom stereocenters. The van der Waals surface area contributed by atoms with Crippen LogP contribution in [-0.2, 0) is 22.9 Å². The molecule has 0 aromatic heterocycles. The molecular weight excluding hydrogens is 331 g/mol. The molecule has 2 heterocycles. The zero-order chi connectivity index (χ0) is 18.2. The molecule has 7 heteroatoms. The topological polar surface area (TPSA) is 59.3 Å². The highest BCUT2D eigenvalue weighted by Crippen LogP contribution is 2.45. The average Bonchev–Trinajstić information content (AvgIpc) is 2.53. The van der Waals surface area contributed by atoms with Crippen molar-refractivity contribution in [3.8, 4) is 0 Å². The molecule has 0 saturated carbocycles. The van der Waals surface area contributed by atoms with Crippen molar-refractivity contribution in [3.63, 3.8) is 0 Å². The minimum atomic E-state index is -4.33. The molecule has 0 radical (unpaired) electrons. The lowest BCUT2D eigenvalue weighted by atomic mass is 9.74. The van der Waals surface area contributed by atoms with Gasteiger partial charge in [-0.3, -0.25) is 0 Å². The zero-order valence-corrected chi connectivity index (χ0v) is 14.4. The van der Waals surface area contributed by atoms with E-state index in [1.807, 2.05) is 6.92 Å². The van der Waals surface area contributed by atoms with Gasteiger partial charge in [0.05, 0.1) is 23.8 Å². The van der Waals surface area contributed by atoms with E-state index in [4.69, 9.17) is 10.5 Å². The summed E-state index contributed by atoms with van der Waals surface area (Å²) in [6.07, 6.45) is -0.798. The molecule has 1 spiro atoms. The summed E-state index contributed by atoms with van der Waals surface area (Å²) in [5.74, 6) is 0. The average molecular weight is 355 g/mol. The second-order valence-electron chi connectivity index (χ2n) is 6.92. The number of hydrogen-bond acceptors (Lipinski definition) is 4. The van der Waals surface area contributed by atoms with Gasteiger partial charge in [0.1, 0.15) is 0 Å². The van der Waals surface area contributed by atoms with Gasteiger partial charge in [-0.25, -0.2) is 0 Å². The molecule has 1 aromatic rings.